The summed E-state index contributed by atoms with van der Waals surface area (Å²) < 4.78 is 11.4. The molecule has 0 radical (unpaired) electrons. The van der Waals surface area contributed by atoms with Gasteiger partial charge in [-0.2, -0.15) is 0 Å². The molecule has 1 N–H and O–H groups in total. The molecule has 5 heterocycles. The molecule has 49 heavy (non-hydrogen) atoms. The van der Waals surface area contributed by atoms with E-state index >= 15 is 0 Å². The average molecular weight is 662 g/mol. The van der Waals surface area contributed by atoms with Crippen molar-refractivity contribution < 1.29 is 19.1 Å². The Morgan fingerprint density at radius 2 is 1.63 bits per heavy atom. The molecular weight excluding hydrogens is 618 g/mol. The van der Waals surface area contributed by atoms with E-state index in [0.29, 0.717) is 18.9 Å². The maximum atomic E-state index is 13.1. The number of aliphatic imine (C=N–C) groups is 1. The first kappa shape index (κ1) is 31.5. The Kier molecular flexibility index (Phi) is 7.31. The summed E-state index contributed by atoms with van der Waals surface area (Å²) in [5.41, 5.74) is 7.17. The van der Waals surface area contributed by atoms with Crippen molar-refractivity contribution in [3.05, 3.63) is 60.2 Å². The zero-order chi connectivity index (χ0) is 34.2. The number of aromatic nitrogens is 4. The molecule has 1 aliphatic carbocycles. The van der Waals surface area contributed by atoms with Gasteiger partial charge < -0.3 is 14.5 Å². The lowest BCUT2D eigenvalue weighted by Gasteiger charge is -2.29. The minimum absolute atomic E-state index is 0.0426. The molecule has 3 fully saturated rings. The summed E-state index contributed by atoms with van der Waals surface area (Å²) in [5, 5.41) is 0. The number of nitrogens with zero attached hydrogens (tertiary/aromatic N) is 6. The van der Waals surface area contributed by atoms with Gasteiger partial charge in [0.05, 0.1) is 52.6 Å². The van der Waals surface area contributed by atoms with E-state index in [0.717, 1.165) is 82.0 Å². The van der Waals surface area contributed by atoms with Gasteiger partial charge in [-0.05, 0) is 103 Å². The van der Waals surface area contributed by atoms with Gasteiger partial charge in [0.2, 0.25) is 0 Å². The summed E-state index contributed by atoms with van der Waals surface area (Å²) in [6, 6.07) is 12.3. The van der Waals surface area contributed by atoms with Crippen molar-refractivity contribution in [1.82, 2.24) is 29.7 Å². The maximum Gasteiger partial charge on any atom is 0.411 e. The first-order chi connectivity index (χ1) is 23.3. The average Bonchev–Trinajstić information content (AvgIpc) is 3.55. The van der Waals surface area contributed by atoms with Crippen LogP contribution in [0.2, 0.25) is 0 Å². The number of aromatic amines is 1. The van der Waals surface area contributed by atoms with Crippen LogP contribution in [0.5, 0.6) is 0 Å². The zero-order valence-corrected chi connectivity index (χ0v) is 29.0. The molecule has 1 saturated carbocycles. The Morgan fingerprint density at radius 3 is 2.43 bits per heavy atom. The lowest BCUT2D eigenvalue weighted by Crippen LogP contribution is -2.43. The van der Waals surface area contributed by atoms with Crippen LogP contribution in [0.3, 0.4) is 0 Å². The smallest absolute Gasteiger partial charge is 0.411 e. The molecular formula is C38H43N7O4. The molecule has 2 aromatic carbocycles. The van der Waals surface area contributed by atoms with Gasteiger partial charge in [-0.1, -0.05) is 12.1 Å². The number of carbonyl (C=O) groups is 2. The minimum atomic E-state index is -0.546. The lowest BCUT2D eigenvalue weighted by atomic mass is 10.0. The number of likely N-dealkylation sites (tertiary alicyclic amines) is 2. The Bertz CT molecular complexity index is 2000. The second-order valence-corrected chi connectivity index (χ2v) is 15.8. The summed E-state index contributed by atoms with van der Waals surface area (Å²) in [7, 11) is 0. The predicted molar refractivity (Wildman–Crippen MR) is 187 cm³/mol. The van der Waals surface area contributed by atoms with Gasteiger partial charge in [-0.25, -0.2) is 19.6 Å². The number of ether oxygens (including phenoxy) is 2. The molecule has 0 bridgehead atoms. The van der Waals surface area contributed by atoms with Crippen molar-refractivity contribution in [2.24, 2.45) is 10.9 Å². The van der Waals surface area contributed by atoms with Crippen LogP contribution in [-0.4, -0.2) is 77.5 Å². The van der Waals surface area contributed by atoms with Gasteiger partial charge in [0.25, 0.3) is 0 Å². The lowest BCUT2D eigenvalue weighted by molar-refractivity contribution is 0.0174. The molecule has 4 aromatic rings. The first-order valence-electron chi connectivity index (χ1n) is 17.3. The number of amides is 2. The number of piperidine rings is 1. The normalized spacial score (nSPS) is 23.0. The summed E-state index contributed by atoms with van der Waals surface area (Å²) >= 11 is 0. The van der Waals surface area contributed by atoms with Gasteiger partial charge in [0, 0.05) is 35.8 Å². The molecule has 4 aliphatic rings. The monoisotopic (exact) mass is 661 g/mol. The third-order valence-electron chi connectivity index (χ3n) is 9.75. The molecule has 11 nitrogen and oxygen atoms in total. The van der Waals surface area contributed by atoms with Crippen molar-refractivity contribution in [2.45, 2.75) is 103 Å². The van der Waals surface area contributed by atoms with E-state index in [2.05, 4.69) is 11.1 Å². The van der Waals surface area contributed by atoms with Crippen molar-refractivity contribution >= 4 is 34.6 Å². The number of carbonyl (C=O) groups excluding carboxylic acids is 2. The summed E-state index contributed by atoms with van der Waals surface area (Å²) in [6.07, 6.45) is 7.55. The minimum Gasteiger partial charge on any atom is -0.444 e. The van der Waals surface area contributed by atoms with Gasteiger partial charge in [0.1, 0.15) is 17.0 Å². The van der Waals surface area contributed by atoms with Crippen LogP contribution < -0.4 is 0 Å². The van der Waals surface area contributed by atoms with Crippen LogP contribution in [0.4, 0.5) is 15.3 Å². The molecule has 0 spiro atoms. The summed E-state index contributed by atoms with van der Waals surface area (Å²) in [4.78, 5) is 52.5. The molecule has 2 aromatic heterocycles. The fraction of sp³-hybridized carbons (Fsp3) is 0.474. The Hall–Kier alpha value is -4.80. The van der Waals surface area contributed by atoms with Crippen molar-refractivity contribution in [1.29, 1.82) is 0 Å². The van der Waals surface area contributed by atoms with Crippen molar-refractivity contribution in [3.63, 3.8) is 0 Å². The number of fused-ring (bicyclic) bond motifs is 3. The van der Waals surface area contributed by atoms with Gasteiger partial charge >= 0.3 is 12.2 Å². The standard InChI is InChI=1S/C38H43N7O4/c1-37(2,3)48-35(46)44-13-7-8-31(44)28-16-23-14-21(9-11-25(23)41-28)29-19-39-27-15-22(10-12-26(27)42-29)30-20-40-34(43-30)33-18-24-17-32(24)45(33)36(47)49-38(4,5)6/h9-12,14-15,19-20,24,31-33H,7-8,13,16-18H2,1-6H3,(H,40,43)/t24-,31+,32-,33?/m1/s1. The van der Waals surface area contributed by atoms with Gasteiger partial charge in [-0.3, -0.25) is 19.8 Å². The first-order valence-corrected chi connectivity index (χ1v) is 17.3. The highest BCUT2D eigenvalue weighted by Gasteiger charge is 2.56. The SMILES string of the molecule is CC(C)(C)OC(=O)N1CCC[C@H]1C1=Nc2ccc(-c3cnc4cc(-c5cnc(C6C[C@H]7C[C@H]7N6C(=O)OC(C)(C)C)[nH]5)ccc4n3)cc2C1. The maximum absolute atomic E-state index is 13.1. The molecule has 4 atom stereocenters. The molecule has 1 unspecified atom stereocenters. The van der Waals surface area contributed by atoms with Crippen LogP contribution in [0.15, 0.2) is 53.8 Å². The second-order valence-electron chi connectivity index (χ2n) is 15.8. The van der Waals surface area contributed by atoms with E-state index in [1.54, 1.807) is 0 Å². The van der Waals surface area contributed by atoms with Gasteiger partial charge in [0.15, 0.2) is 0 Å². The number of nitrogens with one attached hydrogen (secondary N) is 1. The molecule has 254 valence electrons. The number of imidazole rings is 1. The summed E-state index contributed by atoms with van der Waals surface area (Å²) in [5.74, 6) is 1.29. The Morgan fingerprint density at radius 1 is 0.857 bits per heavy atom. The van der Waals surface area contributed by atoms with Crippen LogP contribution in [0, 0.1) is 5.92 Å². The molecule has 3 aliphatic heterocycles. The largest absolute Gasteiger partial charge is 0.444 e. The number of benzene rings is 2. The number of H-pyrrole nitrogens is 1. The van der Waals surface area contributed by atoms with Gasteiger partial charge in [-0.15, -0.1) is 0 Å². The fourth-order valence-electron chi connectivity index (χ4n) is 7.48. The Balaban J connectivity index is 0.972. The topological polar surface area (TPSA) is 126 Å². The number of hydrogen-bond donors (Lipinski definition) is 1. The molecule has 2 saturated heterocycles. The molecule has 2 amide bonds. The summed E-state index contributed by atoms with van der Waals surface area (Å²) in [6.45, 7) is 12.1. The fourth-order valence-corrected chi connectivity index (χ4v) is 7.48. The van der Waals surface area contributed by atoms with E-state index in [1.807, 2.05) is 94.1 Å². The van der Waals surface area contributed by atoms with E-state index in [1.165, 1.54) is 0 Å². The van der Waals surface area contributed by atoms with E-state index in [9.17, 15) is 9.59 Å². The van der Waals surface area contributed by atoms with Crippen LogP contribution >= 0.6 is 0 Å². The van der Waals surface area contributed by atoms with Crippen LogP contribution in [0.25, 0.3) is 33.5 Å². The zero-order valence-electron chi connectivity index (χ0n) is 29.0. The predicted octanol–water partition coefficient (Wildman–Crippen LogP) is 7.79. The highest BCUT2D eigenvalue weighted by atomic mass is 16.6. The Labute approximate surface area is 286 Å². The molecule has 8 rings (SSSR count). The third-order valence-corrected chi connectivity index (χ3v) is 9.75. The molecule has 11 heteroatoms. The number of hydrogen-bond acceptors (Lipinski definition) is 8. The quantitative estimate of drug-likeness (QED) is 0.237. The second kappa shape index (κ2) is 11.4. The highest BCUT2D eigenvalue weighted by Crippen LogP contribution is 2.53. The number of rotatable bonds is 4. The highest BCUT2D eigenvalue weighted by molar-refractivity contribution is 6.00. The van der Waals surface area contributed by atoms with Crippen molar-refractivity contribution in [2.75, 3.05) is 6.54 Å². The third kappa shape index (κ3) is 6.15. The van der Waals surface area contributed by atoms with Crippen molar-refractivity contribution in [3.8, 4) is 22.5 Å². The van der Waals surface area contributed by atoms with E-state index in [-0.39, 0.29) is 30.3 Å². The van der Waals surface area contributed by atoms with Crippen LogP contribution in [0.1, 0.15) is 84.7 Å². The van der Waals surface area contributed by atoms with E-state index in [4.69, 9.17) is 29.4 Å². The van der Waals surface area contributed by atoms with E-state index < -0.39 is 11.2 Å². The van der Waals surface area contributed by atoms with Crippen LogP contribution in [-0.2, 0) is 15.9 Å².